The van der Waals surface area contributed by atoms with Crippen LogP contribution in [-0.4, -0.2) is 46.4 Å². The monoisotopic (exact) mass is 474 g/mol. The smallest absolute Gasteiger partial charge is 0.0641 e. The SMILES string of the molecule is C=C(CO)C1CCC2(CO)CCC3(C)C(CCC4C5(C)CCC(O)C(C)(CO)C5CCC43C)C12. The largest absolute Gasteiger partial charge is 0.396 e. The topological polar surface area (TPSA) is 80.9 Å². The van der Waals surface area contributed by atoms with Gasteiger partial charge < -0.3 is 20.4 Å². The van der Waals surface area contributed by atoms with E-state index in [4.69, 9.17) is 0 Å². The van der Waals surface area contributed by atoms with Gasteiger partial charge in [-0.3, -0.25) is 0 Å². The summed E-state index contributed by atoms with van der Waals surface area (Å²) in [5.74, 6) is 2.27. The van der Waals surface area contributed by atoms with Gasteiger partial charge in [0.2, 0.25) is 0 Å². The van der Waals surface area contributed by atoms with Crippen molar-refractivity contribution >= 4 is 0 Å². The lowest BCUT2D eigenvalue weighted by atomic mass is 9.32. The highest BCUT2D eigenvalue weighted by Gasteiger charge is 2.71. The average molecular weight is 475 g/mol. The van der Waals surface area contributed by atoms with Crippen molar-refractivity contribution in [2.75, 3.05) is 19.8 Å². The van der Waals surface area contributed by atoms with E-state index in [0.29, 0.717) is 29.6 Å². The lowest BCUT2D eigenvalue weighted by Gasteiger charge is -2.73. The number of aliphatic hydroxyl groups excluding tert-OH is 4. The second kappa shape index (κ2) is 8.04. The van der Waals surface area contributed by atoms with Crippen LogP contribution in [-0.2, 0) is 0 Å². The summed E-state index contributed by atoms with van der Waals surface area (Å²) in [5, 5.41) is 42.0. The van der Waals surface area contributed by atoms with Crippen LogP contribution in [0.5, 0.6) is 0 Å². The van der Waals surface area contributed by atoms with E-state index in [-0.39, 0.29) is 41.5 Å². The molecule has 5 rings (SSSR count). The summed E-state index contributed by atoms with van der Waals surface area (Å²) in [6.07, 6.45) is 10.5. The fraction of sp³-hybridized carbons (Fsp3) is 0.933. The molecule has 11 atom stereocenters. The van der Waals surface area contributed by atoms with Gasteiger partial charge in [-0.1, -0.05) is 34.3 Å². The Morgan fingerprint density at radius 2 is 1.50 bits per heavy atom. The van der Waals surface area contributed by atoms with E-state index >= 15 is 0 Å². The first-order valence-corrected chi connectivity index (χ1v) is 14.2. The molecule has 11 unspecified atom stereocenters. The van der Waals surface area contributed by atoms with Gasteiger partial charge >= 0.3 is 0 Å². The third kappa shape index (κ3) is 2.92. The van der Waals surface area contributed by atoms with Gasteiger partial charge in [0, 0.05) is 12.0 Å². The molecule has 0 aromatic carbocycles. The van der Waals surface area contributed by atoms with Gasteiger partial charge in [0.1, 0.15) is 0 Å². The Labute approximate surface area is 207 Å². The Kier molecular flexibility index (Phi) is 5.97. The first-order chi connectivity index (χ1) is 16.0. The highest BCUT2D eigenvalue weighted by molar-refractivity contribution is 5.22. The fourth-order valence-corrected chi connectivity index (χ4v) is 11.6. The van der Waals surface area contributed by atoms with E-state index in [0.717, 1.165) is 50.5 Å². The number of hydrogen-bond donors (Lipinski definition) is 4. The summed E-state index contributed by atoms with van der Waals surface area (Å²) >= 11 is 0. The van der Waals surface area contributed by atoms with Crippen molar-refractivity contribution in [1.82, 2.24) is 0 Å². The predicted octanol–water partition coefficient (Wildman–Crippen LogP) is 4.94. The molecule has 0 aromatic rings. The summed E-state index contributed by atoms with van der Waals surface area (Å²) in [6.45, 7) is 14.5. The molecule has 0 heterocycles. The van der Waals surface area contributed by atoms with Crippen molar-refractivity contribution in [2.24, 2.45) is 56.7 Å². The summed E-state index contributed by atoms with van der Waals surface area (Å²) in [6, 6.07) is 0. The van der Waals surface area contributed by atoms with Crippen LogP contribution in [0.2, 0.25) is 0 Å². The van der Waals surface area contributed by atoms with Crippen LogP contribution in [0.1, 0.15) is 91.9 Å². The van der Waals surface area contributed by atoms with E-state index < -0.39 is 11.5 Å². The van der Waals surface area contributed by atoms with Crippen LogP contribution in [0.15, 0.2) is 12.2 Å². The minimum Gasteiger partial charge on any atom is -0.396 e. The van der Waals surface area contributed by atoms with Crippen LogP contribution < -0.4 is 0 Å². The van der Waals surface area contributed by atoms with Crippen molar-refractivity contribution in [3.8, 4) is 0 Å². The molecule has 5 fully saturated rings. The second-order valence-electron chi connectivity index (χ2n) is 14.4. The van der Waals surface area contributed by atoms with Crippen molar-refractivity contribution in [3.05, 3.63) is 12.2 Å². The number of rotatable bonds is 4. The summed E-state index contributed by atoms with van der Waals surface area (Å²) in [7, 11) is 0. The van der Waals surface area contributed by atoms with Gasteiger partial charge in [-0.05, 0) is 121 Å². The minimum atomic E-state index is -0.407. The minimum absolute atomic E-state index is 0.00165. The van der Waals surface area contributed by atoms with Crippen molar-refractivity contribution in [3.63, 3.8) is 0 Å². The Morgan fingerprint density at radius 3 is 2.15 bits per heavy atom. The molecule has 0 bridgehead atoms. The molecule has 0 spiro atoms. The van der Waals surface area contributed by atoms with E-state index in [1.165, 1.54) is 19.3 Å². The van der Waals surface area contributed by atoms with Crippen LogP contribution >= 0.6 is 0 Å². The Morgan fingerprint density at radius 1 is 0.765 bits per heavy atom. The predicted molar refractivity (Wildman–Crippen MR) is 135 cm³/mol. The lowest BCUT2D eigenvalue weighted by Crippen LogP contribution is -2.67. The number of aliphatic hydroxyl groups is 4. The Bertz CT molecular complexity index is 827. The molecule has 0 amide bonds. The quantitative estimate of drug-likeness (QED) is 0.435. The molecule has 0 aromatic heterocycles. The van der Waals surface area contributed by atoms with Crippen molar-refractivity contribution in [2.45, 2.75) is 98.0 Å². The van der Waals surface area contributed by atoms with Gasteiger partial charge in [0.15, 0.2) is 0 Å². The van der Waals surface area contributed by atoms with Gasteiger partial charge in [-0.15, -0.1) is 0 Å². The van der Waals surface area contributed by atoms with Crippen molar-refractivity contribution in [1.29, 1.82) is 0 Å². The molecule has 4 N–H and O–H groups in total. The van der Waals surface area contributed by atoms with E-state index in [2.05, 4.69) is 34.3 Å². The third-order valence-corrected chi connectivity index (χ3v) is 13.8. The van der Waals surface area contributed by atoms with E-state index in [1.807, 2.05) is 0 Å². The van der Waals surface area contributed by atoms with Gasteiger partial charge in [-0.25, -0.2) is 0 Å². The first-order valence-electron chi connectivity index (χ1n) is 14.2. The molecule has 5 aliphatic carbocycles. The zero-order valence-corrected chi connectivity index (χ0v) is 22.2. The van der Waals surface area contributed by atoms with Gasteiger partial charge in [0.25, 0.3) is 0 Å². The number of fused-ring (bicyclic) bond motifs is 7. The molecule has 0 aliphatic heterocycles. The van der Waals surface area contributed by atoms with Crippen LogP contribution in [0, 0.1) is 56.7 Å². The Hall–Kier alpha value is -0.420. The van der Waals surface area contributed by atoms with Crippen LogP contribution in [0.25, 0.3) is 0 Å². The maximum Gasteiger partial charge on any atom is 0.0641 e. The van der Waals surface area contributed by atoms with Gasteiger partial charge in [0.05, 0.1) is 19.3 Å². The van der Waals surface area contributed by atoms with Gasteiger partial charge in [-0.2, -0.15) is 0 Å². The molecule has 0 saturated heterocycles. The normalized spacial score (nSPS) is 56.7. The zero-order valence-electron chi connectivity index (χ0n) is 22.2. The maximum atomic E-state index is 10.9. The van der Waals surface area contributed by atoms with Crippen molar-refractivity contribution < 1.29 is 20.4 Å². The lowest BCUT2D eigenvalue weighted by molar-refractivity contribution is -0.255. The Balaban J connectivity index is 1.54. The molecular formula is C30H50O4. The molecule has 34 heavy (non-hydrogen) atoms. The standard InChI is InChI=1S/C30H50O4/c1-19(16-31)20-8-13-30(18-33)15-14-28(4)21(25(20)30)6-7-23-26(2)11-10-24(34)27(3,17-32)22(26)9-12-29(23,28)5/h20-25,31-34H,1,6-18H2,2-5H3. The van der Waals surface area contributed by atoms with Crippen LogP contribution in [0.3, 0.4) is 0 Å². The van der Waals surface area contributed by atoms with E-state index in [1.54, 1.807) is 0 Å². The molecular weight excluding hydrogens is 424 g/mol. The first kappa shape index (κ1) is 25.2. The summed E-state index contributed by atoms with van der Waals surface area (Å²) in [5.41, 5.74) is 1.15. The maximum absolute atomic E-state index is 10.9. The molecule has 4 nitrogen and oxygen atoms in total. The zero-order chi connectivity index (χ0) is 24.7. The van der Waals surface area contributed by atoms with E-state index in [9.17, 15) is 20.4 Å². The summed E-state index contributed by atoms with van der Waals surface area (Å²) < 4.78 is 0. The summed E-state index contributed by atoms with van der Waals surface area (Å²) in [4.78, 5) is 0. The molecule has 5 saturated carbocycles. The highest BCUT2D eigenvalue weighted by Crippen LogP contribution is 2.77. The highest BCUT2D eigenvalue weighted by atomic mass is 16.3. The molecule has 4 heteroatoms. The fourth-order valence-electron chi connectivity index (χ4n) is 11.6. The molecule has 194 valence electrons. The molecule has 0 radical (unpaired) electrons. The molecule has 5 aliphatic rings. The second-order valence-corrected chi connectivity index (χ2v) is 14.4. The average Bonchev–Trinajstić information content (AvgIpc) is 3.22. The number of hydrogen-bond acceptors (Lipinski definition) is 4. The van der Waals surface area contributed by atoms with Crippen LogP contribution in [0.4, 0.5) is 0 Å². The third-order valence-electron chi connectivity index (χ3n) is 13.8.